The van der Waals surface area contributed by atoms with E-state index in [4.69, 9.17) is 34.7 Å². The molecule has 0 amide bonds. The summed E-state index contributed by atoms with van der Waals surface area (Å²) in [7, 11) is -4.67. The summed E-state index contributed by atoms with van der Waals surface area (Å²) in [6.07, 6.45) is 0. The fourth-order valence-electron chi connectivity index (χ4n) is 0.518. The normalized spacial score (nSPS) is 9.62. The summed E-state index contributed by atoms with van der Waals surface area (Å²) in [6.45, 7) is 0. The molecule has 0 saturated heterocycles. The summed E-state index contributed by atoms with van der Waals surface area (Å²) < 4.78 is 31.6. The Labute approximate surface area is 91.1 Å². The summed E-state index contributed by atoms with van der Waals surface area (Å²) in [5, 5.41) is 0. The van der Waals surface area contributed by atoms with E-state index < -0.39 is 16.0 Å². The van der Waals surface area contributed by atoms with E-state index in [2.05, 4.69) is 9.97 Å². The molecular formula is C5H13N5O5S. The molecule has 10 nitrogen and oxygen atoms in total. The number of nitrogen functional groups attached to an aromatic ring is 3. The Kier molecular flexibility index (Phi) is 6.10. The highest BCUT2D eigenvalue weighted by Crippen LogP contribution is 2.02. The third kappa shape index (κ3) is 7.54. The van der Waals surface area contributed by atoms with Crippen molar-refractivity contribution in [3.8, 4) is 0 Å². The van der Waals surface area contributed by atoms with Crippen LogP contribution in [0, 0.1) is 0 Å². The average Bonchev–Trinajstić information content (AvgIpc) is 1.96. The van der Waals surface area contributed by atoms with Gasteiger partial charge in [0, 0.05) is 0 Å². The third-order valence-electron chi connectivity index (χ3n) is 1.00. The number of rotatable bonds is 0. The predicted octanol–water partition coefficient (Wildman–Crippen LogP) is -1.50. The number of nitrogens with one attached hydrogen (secondary N) is 1. The van der Waals surface area contributed by atoms with Crippen LogP contribution in [0.2, 0.25) is 0 Å². The lowest BCUT2D eigenvalue weighted by molar-refractivity contribution is 0.381. The summed E-state index contributed by atoms with van der Waals surface area (Å²) in [4.78, 5) is 16.4. The van der Waals surface area contributed by atoms with Crippen LogP contribution in [-0.2, 0) is 10.4 Å². The number of nitrogens with zero attached hydrogens (tertiary/aromatic N) is 1. The van der Waals surface area contributed by atoms with E-state index in [1.807, 2.05) is 0 Å². The minimum absolute atomic E-state index is 0. The van der Waals surface area contributed by atoms with Gasteiger partial charge in [-0.05, 0) is 0 Å². The first-order chi connectivity index (χ1) is 6.61. The summed E-state index contributed by atoms with van der Waals surface area (Å²) >= 11 is 0. The maximum atomic E-state index is 10.7. The molecule has 0 saturated carbocycles. The van der Waals surface area contributed by atoms with Crippen molar-refractivity contribution in [2.45, 2.75) is 7.43 Å². The molecule has 1 rings (SSSR count). The number of hydrogen-bond acceptors (Lipinski definition) is 7. The van der Waals surface area contributed by atoms with E-state index in [9.17, 15) is 4.79 Å². The maximum absolute atomic E-state index is 10.7. The fraction of sp³-hybridized carbons (Fsp3) is 0.200. The highest BCUT2D eigenvalue weighted by atomic mass is 32.3. The van der Waals surface area contributed by atoms with Gasteiger partial charge in [-0.25, -0.2) is 0 Å². The summed E-state index contributed by atoms with van der Waals surface area (Å²) in [5.74, 6) is -0.0713. The van der Waals surface area contributed by atoms with Crippen LogP contribution >= 0.6 is 0 Å². The monoisotopic (exact) mass is 255 g/mol. The fourth-order valence-corrected chi connectivity index (χ4v) is 0.518. The first-order valence-electron chi connectivity index (χ1n) is 3.22. The number of anilines is 3. The Morgan fingerprint density at radius 2 is 1.56 bits per heavy atom. The van der Waals surface area contributed by atoms with E-state index in [1.165, 1.54) is 0 Å². The average molecular weight is 255 g/mol. The molecule has 0 aliphatic carbocycles. The molecule has 0 aliphatic heterocycles. The van der Waals surface area contributed by atoms with Crippen molar-refractivity contribution in [1.29, 1.82) is 0 Å². The number of aromatic nitrogens is 2. The lowest BCUT2D eigenvalue weighted by Crippen LogP contribution is -2.17. The smallest absolute Gasteiger partial charge is 0.391 e. The second-order valence-electron chi connectivity index (χ2n) is 2.20. The van der Waals surface area contributed by atoms with Crippen molar-refractivity contribution in [3.63, 3.8) is 0 Å². The van der Waals surface area contributed by atoms with Gasteiger partial charge in [-0.1, -0.05) is 7.43 Å². The Balaban J connectivity index is 0. The van der Waals surface area contributed by atoms with Crippen LogP contribution in [0.3, 0.4) is 0 Å². The zero-order valence-corrected chi connectivity index (χ0v) is 8.02. The molecule has 9 N–H and O–H groups in total. The molecule has 1 heterocycles. The standard InChI is InChI=1S/C4H7N5O.CH4.H2O4S/c5-1-2(6)8-4(7)9-3(1)10;;1-5(2,3)4/h5H2,(H5,6,7,8,9,10);1H4;(H2,1,2,3,4). The van der Waals surface area contributed by atoms with Crippen LogP contribution in [0.5, 0.6) is 0 Å². The van der Waals surface area contributed by atoms with Gasteiger partial charge in [0.1, 0.15) is 5.69 Å². The van der Waals surface area contributed by atoms with Crippen LogP contribution in [0.1, 0.15) is 7.43 Å². The number of H-pyrrole nitrogens is 1. The summed E-state index contributed by atoms with van der Waals surface area (Å²) in [5.41, 5.74) is 14.9. The molecule has 1 aromatic heterocycles. The third-order valence-corrected chi connectivity index (χ3v) is 1.00. The number of aromatic amines is 1. The van der Waals surface area contributed by atoms with Crippen molar-refractivity contribution < 1.29 is 17.5 Å². The molecule has 16 heavy (non-hydrogen) atoms. The van der Waals surface area contributed by atoms with Crippen molar-refractivity contribution in [3.05, 3.63) is 10.4 Å². The minimum atomic E-state index is -4.67. The Hall–Kier alpha value is -1.85. The molecule has 0 fully saturated rings. The first kappa shape index (κ1) is 16.6. The minimum Gasteiger partial charge on any atom is -0.391 e. The molecule has 0 bridgehead atoms. The molecule has 1 aromatic rings. The van der Waals surface area contributed by atoms with Crippen molar-refractivity contribution >= 4 is 27.9 Å². The van der Waals surface area contributed by atoms with Crippen LogP contribution in [-0.4, -0.2) is 27.5 Å². The van der Waals surface area contributed by atoms with E-state index >= 15 is 0 Å². The Bertz CT molecular complexity index is 486. The largest absolute Gasteiger partial charge is 0.394 e. The van der Waals surface area contributed by atoms with Gasteiger partial charge in [-0.15, -0.1) is 0 Å². The van der Waals surface area contributed by atoms with Crippen LogP contribution in [0.15, 0.2) is 4.79 Å². The highest BCUT2D eigenvalue weighted by Gasteiger charge is 2.00. The SMILES string of the molecule is C.Nc1nc(N)c(N)c(=O)[nH]1.O=S(=O)(O)O. The molecule has 0 aliphatic rings. The van der Waals surface area contributed by atoms with Crippen LogP contribution in [0.4, 0.5) is 17.5 Å². The predicted molar refractivity (Wildman–Crippen MR) is 59.0 cm³/mol. The summed E-state index contributed by atoms with van der Waals surface area (Å²) in [6, 6.07) is 0. The van der Waals surface area contributed by atoms with Crippen molar-refractivity contribution in [2.24, 2.45) is 0 Å². The van der Waals surface area contributed by atoms with E-state index in [1.54, 1.807) is 0 Å². The zero-order chi connectivity index (χ0) is 12.2. The molecule has 0 atom stereocenters. The zero-order valence-electron chi connectivity index (χ0n) is 7.21. The van der Waals surface area contributed by atoms with E-state index in [0.717, 1.165) is 0 Å². The second-order valence-corrected chi connectivity index (χ2v) is 3.09. The Morgan fingerprint density at radius 3 is 1.88 bits per heavy atom. The molecule has 0 aromatic carbocycles. The molecule has 0 unspecified atom stereocenters. The van der Waals surface area contributed by atoms with Gasteiger partial charge >= 0.3 is 10.4 Å². The lowest BCUT2D eigenvalue weighted by Gasteiger charge is -1.96. The van der Waals surface area contributed by atoms with Gasteiger partial charge < -0.3 is 17.2 Å². The first-order valence-corrected chi connectivity index (χ1v) is 4.61. The highest BCUT2D eigenvalue weighted by molar-refractivity contribution is 7.79. The van der Waals surface area contributed by atoms with Gasteiger partial charge in [-0.3, -0.25) is 18.9 Å². The van der Waals surface area contributed by atoms with Crippen molar-refractivity contribution in [1.82, 2.24) is 9.97 Å². The van der Waals surface area contributed by atoms with Crippen LogP contribution < -0.4 is 22.8 Å². The Morgan fingerprint density at radius 1 is 1.19 bits per heavy atom. The molecule has 94 valence electrons. The number of nitrogens with two attached hydrogens (primary N) is 3. The van der Waals surface area contributed by atoms with Crippen LogP contribution in [0.25, 0.3) is 0 Å². The molecule has 11 heteroatoms. The van der Waals surface area contributed by atoms with E-state index in [0.29, 0.717) is 0 Å². The van der Waals surface area contributed by atoms with Gasteiger partial charge in [-0.2, -0.15) is 13.4 Å². The van der Waals surface area contributed by atoms with Gasteiger partial charge in [0.25, 0.3) is 5.56 Å². The lowest BCUT2D eigenvalue weighted by atomic mass is 10.5. The quantitative estimate of drug-likeness (QED) is 0.298. The topological polar surface area (TPSA) is 198 Å². The maximum Gasteiger partial charge on any atom is 0.394 e. The number of hydrogen-bond donors (Lipinski definition) is 6. The van der Waals surface area contributed by atoms with E-state index in [-0.39, 0.29) is 24.9 Å². The van der Waals surface area contributed by atoms with Gasteiger partial charge in [0.15, 0.2) is 5.82 Å². The molecule has 0 spiro atoms. The molecular weight excluding hydrogens is 242 g/mol. The van der Waals surface area contributed by atoms with Gasteiger partial charge in [0.2, 0.25) is 5.95 Å². The molecule has 0 radical (unpaired) electrons. The van der Waals surface area contributed by atoms with Crippen molar-refractivity contribution in [2.75, 3.05) is 17.2 Å². The van der Waals surface area contributed by atoms with Gasteiger partial charge in [0.05, 0.1) is 0 Å². The second kappa shape index (κ2) is 5.89.